The average Bonchev–Trinajstić information content (AvgIpc) is 2.57. The van der Waals surface area contributed by atoms with E-state index in [9.17, 15) is 14.4 Å². The van der Waals surface area contributed by atoms with Crippen LogP contribution in [0.2, 0.25) is 5.02 Å². The quantitative estimate of drug-likeness (QED) is 0.386. The molecule has 6 nitrogen and oxygen atoms in total. The number of nitrogens with zero attached hydrogens (tertiary/aromatic N) is 1. The molecule has 1 fully saturated rings. The minimum Gasteiger partial charge on any atom is -0.463 e. The van der Waals surface area contributed by atoms with Crippen molar-refractivity contribution in [1.82, 2.24) is 10.2 Å². The van der Waals surface area contributed by atoms with Crippen molar-refractivity contribution in [1.29, 1.82) is 0 Å². The molecule has 1 saturated heterocycles. The third kappa shape index (κ3) is 3.11. The van der Waals surface area contributed by atoms with Crippen LogP contribution < -0.4 is 10.7 Å². The molecule has 2 amide bonds. The average molecular weight is 375 g/mol. The summed E-state index contributed by atoms with van der Waals surface area (Å²) in [6.45, 7) is 3.68. The number of fused-ring (bicyclic) bond motifs is 1. The molecule has 2 aromatic rings. The van der Waals surface area contributed by atoms with Gasteiger partial charge >= 0.3 is 0 Å². The molecule has 0 atom stereocenters. The molecule has 0 aliphatic carbocycles. The van der Waals surface area contributed by atoms with Crippen LogP contribution in [-0.4, -0.2) is 28.4 Å². The maximum Gasteiger partial charge on any atom is 0.265 e. The van der Waals surface area contributed by atoms with Crippen molar-refractivity contribution in [3.05, 3.63) is 63.5 Å². The zero-order chi connectivity index (χ0) is 18.1. The maximum absolute atomic E-state index is 12.6. The molecule has 126 valence electrons. The highest BCUT2D eigenvalue weighted by Gasteiger charge is 2.32. The van der Waals surface area contributed by atoms with E-state index in [0.29, 0.717) is 16.0 Å². The number of hydrogen-bond donors (Lipinski definition) is 1. The number of hydrogen-bond acceptors (Lipinski definition) is 5. The molecule has 1 N–H and O–H groups in total. The Hall–Kier alpha value is -2.77. The first-order valence-corrected chi connectivity index (χ1v) is 7.92. The van der Waals surface area contributed by atoms with Crippen molar-refractivity contribution in [3.63, 3.8) is 0 Å². The molecule has 0 spiro atoms. The summed E-state index contributed by atoms with van der Waals surface area (Å²) in [6, 6.07) is 4.59. The van der Waals surface area contributed by atoms with Crippen LogP contribution in [0.5, 0.6) is 0 Å². The molecule has 1 aromatic heterocycles. The van der Waals surface area contributed by atoms with Gasteiger partial charge < -0.3 is 4.42 Å². The predicted molar refractivity (Wildman–Crippen MR) is 98.1 cm³/mol. The normalized spacial score (nSPS) is 16.4. The summed E-state index contributed by atoms with van der Waals surface area (Å²) in [7, 11) is 0. The number of carbonyl (C=O) groups excluding carboxylic acids is 2. The van der Waals surface area contributed by atoms with Crippen molar-refractivity contribution in [2.24, 2.45) is 0 Å². The lowest BCUT2D eigenvalue weighted by Gasteiger charge is -2.27. The Morgan fingerprint density at radius 3 is 2.80 bits per heavy atom. The van der Waals surface area contributed by atoms with Gasteiger partial charge in [0.25, 0.3) is 11.8 Å². The molecule has 0 bridgehead atoms. The minimum absolute atomic E-state index is 0.00719. The van der Waals surface area contributed by atoms with Gasteiger partial charge in [0.15, 0.2) is 10.5 Å². The van der Waals surface area contributed by atoms with Crippen molar-refractivity contribution in [2.45, 2.75) is 0 Å². The summed E-state index contributed by atoms with van der Waals surface area (Å²) in [6.07, 6.45) is 3.85. The molecule has 0 unspecified atom stereocenters. The van der Waals surface area contributed by atoms with E-state index in [0.717, 1.165) is 0 Å². The van der Waals surface area contributed by atoms with Crippen molar-refractivity contribution < 1.29 is 14.0 Å². The summed E-state index contributed by atoms with van der Waals surface area (Å²) in [5.74, 6) is -1.28. The van der Waals surface area contributed by atoms with E-state index >= 15 is 0 Å². The third-order valence-corrected chi connectivity index (χ3v) is 4.12. The number of benzene rings is 1. The number of nitrogens with one attached hydrogen (secondary N) is 1. The molecule has 1 aliphatic rings. The van der Waals surface area contributed by atoms with E-state index in [2.05, 4.69) is 11.9 Å². The fourth-order valence-corrected chi connectivity index (χ4v) is 2.77. The predicted octanol–water partition coefficient (Wildman–Crippen LogP) is 2.26. The summed E-state index contributed by atoms with van der Waals surface area (Å²) in [4.78, 5) is 38.3. The first kappa shape index (κ1) is 17.1. The number of halogens is 1. The number of amides is 2. The van der Waals surface area contributed by atoms with Crippen LogP contribution in [0.15, 0.2) is 51.9 Å². The Labute approximate surface area is 152 Å². The zero-order valence-corrected chi connectivity index (χ0v) is 14.3. The molecule has 1 aliphatic heterocycles. The second kappa shape index (κ2) is 6.62. The highest BCUT2D eigenvalue weighted by atomic mass is 35.5. The van der Waals surface area contributed by atoms with Gasteiger partial charge in [-0.1, -0.05) is 17.7 Å². The van der Waals surface area contributed by atoms with E-state index < -0.39 is 11.8 Å². The highest BCUT2D eigenvalue weighted by Crippen LogP contribution is 2.19. The van der Waals surface area contributed by atoms with Crippen molar-refractivity contribution >= 4 is 57.8 Å². The van der Waals surface area contributed by atoms with E-state index in [-0.39, 0.29) is 28.2 Å². The topological polar surface area (TPSA) is 79.6 Å². The van der Waals surface area contributed by atoms with Crippen LogP contribution in [-0.2, 0) is 9.59 Å². The Morgan fingerprint density at radius 1 is 1.32 bits per heavy atom. The van der Waals surface area contributed by atoms with Crippen LogP contribution in [0.4, 0.5) is 0 Å². The third-order valence-electron chi connectivity index (χ3n) is 3.56. The molecule has 1 aromatic carbocycles. The summed E-state index contributed by atoms with van der Waals surface area (Å²) >= 11 is 10.8. The smallest absolute Gasteiger partial charge is 0.265 e. The Balaban J connectivity index is 2.10. The van der Waals surface area contributed by atoms with E-state index in [1.165, 1.54) is 35.4 Å². The van der Waals surface area contributed by atoms with E-state index in [1.54, 1.807) is 6.07 Å². The van der Waals surface area contributed by atoms with E-state index in [1.807, 2.05) is 0 Å². The summed E-state index contributed by atoms with van der Waals surface area (Å²) < 4.78 is 5.38. The molecular weight excluding hydrogens is 364 g/mol. The summed E-state index contributed by atoms with van der Waals surface area (Å²) in [5, 5.41) is 3.12. The van der Waals surface area contributed by atoms with Gasteiger partial charge in [-0.2, -0.15) is 0 Å². The van der Waals surface area contributed by atoms with Gasteiger partial charge in [0.1, 0.15) is 17.4 Å². The Kier molecular flexibility index (Phi) is 4.52. The SMILES string of the molecule is C=CCN1C(=O)C(=Cc2coc3cc(Cl)ccc3c2=O)C(=O)NC1=S. The second-order valence-electron chi connectivity index (χ2n) is 5.18. The molecule has 25 heavy (non-hydrogen) atoms. The van der Waals surface area contributed by atoms with Gasteiger partial charge in [-0.05, 0) is 30.4 Å². The zero-order valence-electron chi connectivity index (χ0n) is 12.7. The molecular formula is C17H11ClN2O4S. The van der Waals surface area contributed by atoms with Crippen LogP contribution in [0, 0.1) is 0 Å². The van der Waals surface area contributed by atoms with Crippen LogP contribution >= 0.6 is 23.8 Å². The Bertz CT molecular complexity index is 1020. The minimum atomic E-state index is -0.675. The number of carbonyl (C=O) groups is 2. The molecule has 2 heterocycles. The lowest BCUT2D eigenvalue weighted by molar-refractivity contribution is -0.128. The molecule has 8 heteroatoms. The monoisotopic (exact) mass is 374 g/mol. The van der Waals surface area contributed by atoms with Gasteiger partial charge in [-0.15, -0.1) is 6.58 Å². The van der Waals surface area contributed by atoms with Gasteiger partial charge in [0.05, 0.1) is 10.9 Å². The van der Waals surface area contributed by atoms with Gasteiger partial charge in [0, 0.05) is 17.6 Å². The van der Waals surface area contributed by atoms with Gasteiger partial charge in [-0.3, -0.25) is 24.6 Å². The standard InChI is InChI=1S/C17H11ClN2O4S/c1-2-5-20-16(23)12(15(22)19-17(20)25)6-9-8-24-13-7-10(18)3-4-11(13)14(9)21/h2-4,6-8H,1,5H2,(H,19,22,25). The second-order valence-corrected chi connectivity index (χ2v) is 6.01. The lowest BCUT2D eigenvalue weighted by atomic mass is 10.1. The van der Waals surface area contributed by atoms with E-state index in [4.69, 9.17) is 28.2 Å². The molecule has 0 saturated carbocycles. The van der Waals surface area contributed by atoms with Crippen molar-refractivity contribution in [3.8, 4) is 0 Å². The lowest BCUT2D eigenvalue weighted by Crippen LogP contribution is -2.53. The number of rotatable bonds is 3. The van der Waals surface area contributed by atoms with Crippen molar-refractivity contribution in [2.75, 3.05) is 6.54 Å². The van der Waals surface area contributed by atoms with Crippen LogP contribution in [0.3, 0.4) is 0 Å². The van der Waals surface area contributed by atoms with Gasteiger partial charge in [0.2, 0.25) is 0 Å². The fourth-order valence-electron chi connectivity index (χ4n) is 2.36. The van der Waals surface area contributed by atoms with Gasteiger partial charge in [-0.25, -0.2) is 0 Å². The highest BCUT2D eigenvalue weighted by molar-refractivity contribution is 7.80. The van der Waals surface area contributed by atoms with Crippen LogP contribution in [0.25, 0.3) is 17.0 Å². The number of thiocarbonyl (C=S) groups is 1. The first-order chi connectivity index (χ1) is 11.9. The summed E-state index contributed by atoms with van der Waals surface area (Å²) in [5.41, 5.74) is -0.210. The first-order valence-electron chi connectivity index (χ1n) is 7.13. The van der Waals surface area contributed by atoms with Crippen LogP contribution in [0.1, 0.15) is 5.56 Å². The molecule has 3 rings (SSSR count). The molecule has 0 radical (unpaired) electrons. The fraction of sp³-hybridized carbons (Fsp3) is 0.0588. The Morgan fingerprint density at radius 2 is 2.08 bits per heavy atom. The largest absolute Gasteiger partial charge is 0.463 e. The maximum atomic E-state index is 12.6.